The molecule has 0 unspecified atom stereocenters. The molecule has 0 amide bonds. The van der Waals surface area contributed by atoms with Gasteiger partial charge in [-0.25, -0.2) is 13.2 Å². The van der Waals surface area contributed by atoms with E-state index in [2.05, 4.69) is 0 Å². The molecule has 2 aromatic rings. The summed E-state index contributed by atoms with van der Waals surface area (Å²) in [5.41, 5.74) is 1.15. The number of hydrogen-bond acceptors (Lipinski definition) is 7. The molecule has 0 heterocycles. The highest BCUT2D eigenvalue weighted by Gasteiger charge is 2.19. The molecular formula is C20H20N2O6S. The van der Waals surface area contributed by atoms with Crippen molar-refractivity contribution < 1.29 is 27.5 Å². The minimum absolute atomic E-state index is 0.282. The minimum atomic E-state index is -3.40. The molecule has 0 spiro atoms. The third-order valence-electron chi connectivity index (χ3n) is 4.02. The number of esters is 1. The van der Waals surface area contributed by atoms with Gasteiger partial charge in [-0.1, -0.05) is 0 Å². The standard InChI is InChI=1S/C20H20N2O6S/c1-14(28-18-10-4-15(12-21)5-11-18)20(24)27-13-19(23)16-6-8-17(9-7-16)22(2)29(3,25)26/h4-11,14H,13H2,1-3H3/t14-/m0/s1. The zero-order valence-corrected chi connectivity index (χ0v) is 17.0. The molecule has 29 heavy (non-hydrogen) atoms. The highest BCUT2D eigenvalue weighted by Crippen LogP contribution is 2.17. The summed E-state index contributed by atoms with van der Waals surface area (Å²) in [6.07, 6.45) is 0.133. The van der Waals surface area contributed by atoms with Gasteiger partial charge in [0.25, 0.3) is 0 Å². The Morgan fingerprint density at radius 3 is 2.21 bits per heavy atom. The summed E-state index contributed by atoms with van der Waals surface area (Å²) in [6.45, 7) is 1.02. The van der Waals surface area contributed by atoms with E-state index in [0.717, 1.165) is 10.6 Å². The van der Waals surface area contributed by atoms with E-state index in [0.29, 0.717) is 17.0 Å². The van der Waals surface area contributed by atoms with Crippen molar-refractivity contribution >= 4 is 27.5 Å². The fourth-order valence-corrected chi connectivity index (χ4v) is 2.75. The van der Waals surface area contributed by atoms with E-state index in [1.54, 1.807) is 24.3 Å². The Bertz CT molecular complexity index is 1020. The summed E-state index contributed by atoms with van der Waals surface area (Å²) in [7, 11) is -1.99. The van der Waals surface area contributed by atoms with E-state index >= 15 is 0 Å². The number of hydrogen-bond donors (Lipinski definition) is 0. The quantitative estimate of drug-likeness (QED) is 0.478. The first kappa shape index (κ1) is 21.9. The maximum Gasteiger partial charge on any atom is 0.347 e. The van der Waals surface area contributed by atoms with Crippen molar-refractivity contribution in [3.63, 3.8) is 0 Å². The monoisotopic (exact) mass is 416 g/mol. The molecular weight excluding hydrogens is 396 g/mol. The lowest BCUT2D eigenvalue weighted by Gasteiger charge is -2.16. The molecule has 2 aromatic carbocycles. The van der Waals surface area contributed by atoms with Crippen LogP contribution in [0.25, 0.3) is 0 Å². The molecule has 0 saturated heterocycles. The van der Waals surface area contributed by atoms with Crippen LogP contribution in [-0.2, 0) is 19.6 Å². The van der Waals surface area contributed by atoms with Crippen molar-refractivity contribution in [2.75, 3.05) is 24.2 Å². The van der Waals surface area contributed by atoms with Crippen molar-refractivity contribution in [2.45, 2.75) is 13.0 Å². The van der Waals surface area contributed by atoms with Crippen LogP contribution in [0.1, 0.15) is 22.8 Å². The molecule has 0 fully saturated rings. The lowest BCUT2D eigenvalue weighted by Crippen LogP contribution is -2.28. The van der Waals surface area contributed by atoms with Crippen LogP contribution in [-0.4, -0.2) is 46.2 Å². The fraction of sp³-hybridized carbons (Fsp3) is 0.250. The second kappa shape index (κ2) is 9.21. The molecule has 0 aliphatic rings. The molecule has 0 saturated carbocycles. The van der Waals surface area contributed by atoms with E-state index < -0.39 is 34.5 Å². The van der Waals surface area contributed by atoms with Gasteiger partial charge >= 0.3 is 5.97 Å². The number of ether oxygens (including phenoxy) is 2. The van der Waals surface area contributed by atoms with Crippen molar-refractivity contribution in [3.8, 4) is 11.8 Å². The average Bonchev–Trinajstić information content (AvgIpc) is 2.71. The normalized spacial score (nSPS) is 11.8. The molecule has 0 aliphatic carbocycles. The minimum Gasteiger partial charge on any atom is -0.479 e. The predicted octanol–water partition coefficient (Wildman–Crippen LogP) is 2.15. The van der Waals surface area contributed by atoms with E-state index in [-0.39, 0.29) is 5.56 Å². The molecule has 0 radical (unpaired) electrons. The van der Waals surface area contributed by atoms with Crippen LogP contribution in [0.2, 0.25) is 0 Å². The van der Waals surface area contributed by atoms with E-state index in [1.165, 1.54) is 38.2 Å². The average molecular weight is 416 g/mol. The van der Waals surface area contributed by atoms with Crippen molar-refractivity contribution in [1.29, 1.82) is 5.26 Å². The number of rotatable bonds is 8. The van der Waals surface area contributed by atoms with Crippen LogP contribution in [0.5, 0.6) is 5.75 Å². The van der Waals surface area contributed by atoms with Gasteiger partial charge in [-0.15, -0.1) is 0 Å². The number of nitrogens with zero attached hydrogens (tertiary/aromatic N) is 2. The van der Waals surface area contributed by atoms with Gasteiger partial charge in [0.1, 0.15) is 5.75 Å². The summed E-state index contributed by atoms with van der Waals surface area (Å²) < 4.78 is 34.6. The molecule has 152 valence electrons. The Morgan fingerprint density at radius 2 is 1.69 bits per heavy atom. The third kappa shape index (κ3) is 6.05. The van der Waals surface area contributed by atoms with Gasteiger partial charge in [0.2, 0.25) is 10.0 Å². The van der Waals surface area contributed by atoms with E-state index in [4.69, 9.17) is 14.7 Å². The Balaban J connectivity index is 1.90. The molecule has 0 bridgehead atoms. The van der Waals surface area contributed by atoms with Crippen molar-refractivity contribution in [2.24, 2.45) is 0 Å². The molecule has 8 nitrogen and oxygen atoms in total. The second-order valence-corrected chi connectivity index (χ2v) is 8.22. The first-order valence-electron chi connectivity index (χ1n) is 8.52. The summed E-state index contributed by atoms with van der Waals surface area (Å²) in [5, 5.41) is 8.77. The van der Waals surface area contributed by atoms with Crippen LogP contribution < -0.4 is 9.04 Å². The summed E-state index contributed by atoms with van der Waals surface area (Å²) in [5.74, 6) is -0.751. The number of carbonyl (C=O) groups excluding carboxylic acids is 2. The van der Waals surface area contributed by atoms with Gasteiger partial charge in [-0.2, -0.15) is 5.26 Å². The smallest absolute Gasteiger partial charge is 0.347 e. The second-order valence-electron chi connectivity index (χ2n) is 6.20. The Labute approximate surface area is 169 Å². The molecule has 0 aromatic heterocycles. The number of benzene rings is 2. The highest BCUT2D eigenvalue weighted by molar-refractivity contribution is 7.92. The lowest BCUT2D eigenvalue weighted by atomic mass is 10.1. The van der Waals surface area contributed by atoms with Gasteiger partial charge in [0, 0.05) is 12.6 Å². The lowest BCUT2D eigenvalue weighted by molar-refractivity contribution is -0.149. The summed E-state index contributed by atoms with van der Waals surface area (Å²) >= 11 is 0. The summed E-state index contributed by atoms with van der Waals surface area (Å²) in [4.78, 5) is 24.2. The summed E-state index contributed by atoms with van der Waals surface area (Å²) in [6, 6.07) is 14.1. The van der Waals surface area contributed by atoms with Crippen LogP contribution >= 0.6 is 0 Å². The first-order chi connectivity index (χ1) is 13.6. The van der Waals surface area contributed by atoms with Crippen LogP contribution in [0.4, 0.5) is 5.69 Å². The zero-order valence-electron chi connectivity index (χ0n) is 16.2. The Morgan fingerprint density at radius 1 is 1.10 bits per heavy atom. The van der Waals surface area contributed by atoms with Gasteiger partial charge in [-0.05, 0) is 55.5 Å². The van der Waals surface area contributed by atoms with Crippen molar-refractivity contribution in [3.05, 3.63) is 59.7 Å². The molecule has 1 atom stereocenters. The largest absolute Gasteiger partial charge is 0.479 e. The topological polar surface area (TPSA) is 114 Å². The predicted molar refractivity (Wildman–Crippen MR) is 106 cm³/mol. The molecule has 9 heteroatoms. The zero-order chi connectivity index (χ0) is 21.6. The Hall–Kier alpha value is -3.38. The van der Waals surface area contributed by atoms with Crippen LogP contribution in [0.15, 0.2) is 48.5 Å². The maximum atomic E-state index is 12.2. The fourth-order valence-electron chi connectivity index (χ4n) is 2.25. The van der Waals surface area contributed by atoms with E-state index in [9.17, 15) is 18.0 Å². The SMILES string of the molecule is C[C@H](Oc1ccc(C#N)cc1)C(=O)OCC(=O)c1ccc(N(C)S(C)(=O)=O)cc1. The highest BCUT2D eigenvalue weighted by atomic mass is 32.2. The number of sulfonamides is 1. The van der Waals surface area contributed by atoms with E-state index in [1.807, 2.05) is 6.07 Å². The maximum absolute atomic E-state index is 12.2. The van der Waals surface area contributed by atoms with Gasteiger partial charge in [-0.3, -0.25) is 9.10 Å². The molecule has 0 aliphatic heterocycles. The van der Waals surface area contributed by atoms with Crippen LogP contribution in [0.3, 0.4) is 0 Å². The van der Waals surface area contributed by atoms with Gasteiger partial charge < -0.3 is 9.47 Å². The third-order valence-corrected chi connectivity index (χ3v) is 5.23. The number of ketones is 1. The van der Waals surface area contributed by atoms with Gasteiger partial charge in [0.05, 0.1) is 23.6 Å². The number of nitriles is 1. The van der Waals surface area contributed by atoms with Crippen LogP contribution in [0, 0.1) is 11.3 Å². The molecule has 0 N–H and O–H groups in total. The number of carbonyl (C=O) groups is 2. The Kier molecular flexibility index (Phi) is 6.96. The molecule has 2 rings (SSSR count). The number of anilines is 1. The van der Waals surface area contributed by atoms with Crippen molar-refractivity contribution in [1.82, 2.24) is 0 Å². The first-order valence-corrected chi connectivity index (χ1v) is 10.4. The van der Waals surface area contributed by atoms with Gasteiger partial charge in [0.15, 0.2) is 18.5 Å². The number of Topliss-reactive ketones (excluding diaryl/α,β-unsaturated/α-hetero) is 1.